The number of hydrogen-bond donors (Lipinski definition) is 2. The van der Waals surface area contributed by atoms with Gasteiger partial charge in [0.25, 0.3) is 5.91 Å². The number of ether oxygens (including phenoxy) is 2. The molecule has 1 aliphatic rings. The normalized spacial score (nSPS) is 12.4. The minimum atomic E-state index is -0.348. The second kappa shape index (κ2) is 8.60. The number of thiocarbonyl (C=S) groups is 1. The number of anilines is 1. The molecule has 0 spiro atoms. The van der Waals surface area contributed by atoms with Gasteiger partial charge in [-0.2, -0.15) is 0 Å². The van der Waals surface area contributed by atoms with Crippen LogP contribution in [0, 0.1) is 0 Å². The minimum Gasteiger partial charge on any atom is -0.486 e. The Bertz CT molecular complexity index is 1340. The topological polar surface area (TPSA) is 85.6 Å². The zero-order valence-electron chi connectivity index (χ0n) is 16.6. The standard InChI is InChI=1S/C23H16BrN3O4S/c24-15-4-1-13(2-5-15)22-26-17-12-16(6-8-18(17)31-22)25-23(32)27-21(28)14-3-7-19-20(11-14)30-10-9-29-19/h1-8,11-12H,9-10H2,(H2,25,27,28,32). The van der Waals surface area contributed by atoms with Crippen molar-refractivity contribution in [1.29, 1.82) is 0 Å². The van der Waals surface area contributed by atoms with Crippen molar-refractivity contribution < 1.29 is 18.7 Å². The monoisotopic (exact) mass is 509 g/mol. The highest BCUT2D eigenvalue weighted by Gasteiger charge is 2.16. The molecule has 7 nitrogen and oxygen atoms in total. The fourth-order valence-electron chi connectivity index (χ4n) is 3.24. The largest absolute Gasteiger partial charge is 0.486 e. The molecule has 1 amide bonds. The van der Waals surface area contributed by atoms with E-state index in [-0.39, 0.29) is 11.0 Å². The Morgan fingerprint density at radius 3 is 2.56 bits per heavy atom. The lowest BCUT2D eigenvalue weighted by Gasteiger charge is -2.18. The van der Waals surface area contributed by atoms with Crippen LogP contribution >= 0.6 is 28.1 Å². The van der Waals surface area contributed by atoms with Crippen LogP contribution in [0.2, 0.25) is 0 Å². The summed E-state index contributed by atoms with van der Waals surface area (Å²) in [7, 11) is 0. The summed E-state index contributed by atoms with van der Waals surface area (Å²) >= 11 is 8.72. The van der Waals surface area contributed by atoms with Gasteiger partial charge >= 0.3 is 0 Å². The Morgan fingerprint density at radius 1 is 0.969 bits per heavy atom. The van der Waals surface area contributed by atoms with Crippen molar-refractivity contribution in [3.63, 3.8) is 0 Å². The number of aromatic nitrogens is 1. The van der Waals surface area contributed by atoms with Crippen molar-refractivity contribution in [3.8, 4) is 23.0 Å². The fraction of sp³-hybridized carbons (Fsp3) is 0.0870. The van der Waals surface area contributed by atoms with Gasteiger partial charge < -0.3 is 19.2 Å². The number of rotatable bonds is 3. The Morgan fingerprint density at radius 2 is 1.75 bits per heavy atom. The minimum absolute atomic E-state index is 0.167. The molecule has 0 unspecified atom stereocenters. The molecular formula is C23H16BrN3O4S. The van der Waals surface area contributed by atoms with Gasteiger partial charge in [-0.1, -0.05) is 15.9 Å². The number of oxazole rings is 1. The lowest BCUT2D eigenvalue weighted by molar-refractivity contribution is 0.0976. The third-order valence-corrected chi connectivity index (χ3v) is 5.50. The summed E-state index contributed by atoms with van der Waals surface area (Å²) in [5.74, 6) is 1.34. The molecule has 9 heteroatoms. The van der Waals surface area contributed by atoms with Crippen LogP contribution in [0.5, 0.6) is 11.5 Å². The Hall–Kier alpha value is -3.43. The molecule has 0 radical (unpaired) electrons. The molecule has 0 saturated carbocycles. The molecule has 4 aromatic rings. The van der Waals surface area contributed by atoms with Gasteiger partial charge in [0.05, 0.1) is 0 Å². The van der Waals surface area contributed by atoms with E-state index >= 15 is 0 Å². The van der Waals surface area contributed by atoms with Crippen LogP contribution < -0.4 is 20.1 Å². The highest BCUT2D eigenvalue weighted by Crippen LogP contribution is 2.31. The quantitative estimate of drug-likeness (QED) is 0.369. The van der Waals surface area contributed by atoms with Crippen molar-refractivity contribution in [2.45, 2.75) is 0 Å². The molecule has 160 valence electrons. The van der Waals surface area contributed by atoms with Gasteiger partial charge in [0.15, 0.2) is 22.2 Å². The first kappa shape index (κ1) is 20.5. The lowest BCUT2D eigenvalue weighted by Crippen LogP contribution is -2.34. The number of amides is 1. The number of fused-ring (bicyclic) bond motifs is 2. The molecule has 0 atom stereocenters. The van der Waals surface area contributed by atoms with Crippen LogP contribution in [0.4, 0.5) is 5.69 Å². The van der Waals surface area contributed by atoms with Crippen molar-refractivity contribution in [2.75, 3.05) is 18.5 Å². The zero-order valence-corrected chi connectivity index (χ0v) is 19.0. The maximum Gasteiger partial charge on any atom is 0.257 e. The summed E-state index contributed by atoms with van der Waals surface area (Å²) in [4.78, 5) is 17.1. The van der Waals surface area contributed by atoms with E-state index in [9.17, 15) is 4.79 Å². The summed E-state index contributed by atoms with van der Waals surface area (Å²) in [6.07, 6.45) is 0. The summed E-state index contributed by atoms with van der Waals surface area (Å²) < 4.78 is 17.8. The molecule has 1 aromatic heterocycles. The highest BCUT2D eigenvalue weighted by atomic mass is 79.9. The molecule has 0 saturated heterocycles. The molecule has 2 heterocycles. The number of nitrogens with one attached hydrogen (secondary N) is 2. The molecule has 0 aliphatic carbocycles. The molecular weight excluding hydrogens is 494 g/mol. The first-order valence-electron chi connectivity index (χ1n) is 9.74. The van der Waals surface area contributed by atoms with Gasteiger partial charge in [-0.05, 0) is 72.9 Å². The fourth-order valence-corrected chi connectivity index (χ4v) is 3.72. The van der Waals surface area contributed by atoms with Crippen molar-refractivity contribution >= 4 is 56.0 Å². The first-order valence-corrected chi connectivity index (χ1v) is 10.9. The van der Waals surface area contributed by atoms with Crippen LogP contribution in [0.25, 0.3) is 22.6 Å². The third kappa shape index (κ3) is 4.30. The summed E-state index contributed by atoms with van der Waals surface area (Å²) in [5.41, 5.74) is 3.31. The van der Waals surface area contributed by atoms with E-state index in [1.807, 2.05) is 30.3 Å². The number of carbonyl (C=O) groups is 1. The maximum absolute atomic E-state index is 12.6. The zero-order chi connectivity index (χ0) is 22.1. The van der Waals surface area contributed by atoms with Crippen molar-refractivity contribution in [3.05, 3.63) is 70.7 Å². The second-order valence-corrected chi connectivity index (χ2v) is 8.30. The number of nitrogens with zero attached hydrogens (tertiary/aromatic N) is 1. The SMILES string of the molecule is O=C(NC(=S)Nc1ccc2oc(-c3ccc(Br)cc3)nc2c1)c1ccc2c(c1)OCCO2. The van der Waals surface area contributed by atoms with Crippen LogP contribution in [-0.2, 0) is 0 Å². The number of carbonyl (C=O) groups excluding carboxylic acids is 1. The van der Waals surface area contributed by atoms with E-state index in [4.69, 9.17) is 26.1 Å². The Balaban J connectivity index is 1.28. The predicted octanol–water partition coefficient (Wildman–Crippen LogP) is 5.16. The Labute approximate surface area is 196 Å². The van der Waals surface area contributed by atoms with Gasteiger partial charge in [0, 0.05) is 21.3 Å². The molecule has 32 heavy (non-hydrogen) atoms. The summed E-state index contributed by atoms with van der Waals surface area (Å²) in [5, 5.41) is 5.85. The molecule has 5 rings (SSSR count). The van der Waals surface area contributed by atoms with Crippen LogP contribution in [0.15, 0.2) is 69.6 Å². The molecule has 1 aliphatic heterocycles. The molecule has 3 aromatic carbocycles. The van der Waals surface area contributed by atoms with Gasteiger partial charge in [-0.3, -0.25) is 10.1 Å². The number of halogens is 1. The van der Waals surface area contributed by atoms with Gasteiger partial charge in [-0.15, -0.1) is 0 Å². The van der Waals surface area contributed by atoms with E-state index in [1.54, 1.807) is 30.3 Å². The first-order chi connectivity index (χ1) is 15.5. The second-order valence-electron chi connectivity index (χ2n) is 6.98. The number of hydrogen-bond acceptors (Lipinski definition) is 6. The molecule has 0 fully saturated rings. The molecule has 2 N–H and O–H groups in total. The maximum atomic E-state index is 12.6. The summed E-state index contributed by atoms with van der Waals surface area (Å²) in [6.45, 7) is 0.944. The Kier molecular flexibility index (Phi) is 5.50. The van der Waals surface area contributed by atoms with E-state index < -0.39 is 0 Å². The van der Waals surface area contributed by atoms with Crippen LogP contribution in [0.1, 0.15) is 10.4 Å². The van der Waals surface area contributed by atoms with Gasteiger partial charge in [0.2, 0.25) is 5.89 Å². The van der Waals surface area contributed by atoms with Crippen LogP contribution in [0.3, 0.4) is 0 Å². The van der Waals surface area contributed by atoms with Gasteiger partial charge in [-0.25, -0.2) is 4.98 Å². The predicted molar refractivity (Wildman–Crippen MR) is 128 cm³/mol. The molecule has 0 bridgehead atoms. The smallest absolute Gasteiger partial charge is 0.257 e. The van der Waals surface area contributed by atoms with E-state index in [2.05, 4.69) is 31.5 Å². The third-order valence-electron chi connectivity index (χ3n) is 4.77. The van der Waals surface area contributed by atoms with Gasteiger partial charge in [0.1, 0.15) is 18.7 Å². The number of benzene rings is 3. The van der Waals surface area contributed by atoms with E-state index in [0.29, 0.717) is 53.0 Å². The lowest BCUT2D eigenvalue weighted by atomic mass is 10.2. The van der Waals surface area contributed by atoms with E-state index in [1.165, 1.54) is 0 Å². The summed E-state index contributed by atoms with van der Waals surface area (Å²) in [6, 6.07) is 18.1. The average molecular weight is 510 g/mol. The van der Waals surface area contributed by atoms with Crippen LogP contribution in [-0.4, -0.2) is 29.2 Å². The van der Waals surface area contributed by atoms with Crippen molar-refractivity contribution in [2.24, 2.45) is 0 Å². The highest BCUT2D eigenvalue weighted by molar-refractivity contribution is 9.10. The van der Waals surface area contributed by atoms with Crippen molar-refractivity contribution in [1.82, 2.24) is 10.3 Å². The average Bonchev–Trinajstić information content (AvgIpc) is 3.22. The van der Waals surface area contributed by atoms with E-state index in [0.717, 1.165) is 10.0 Å².